The van der Waals surface area contributed by atoms with E-state index in [9.17, 15) is 5.11 Å². The van der Waals surface area contributed by atoms with Crippen LogP contribution in [0.5, 0.6) is 5.75 Å². The summed E-state index contributed by atoms with van der Waals surface area (Å²) < 4.78 is 0. The summed E-state index contributed by atoms with van der Waals surface area (Å²) >= 11 is 0.417. The normalized spacial score (nSPS) is 11.6. The van der Waals surface area contributed by atoms with E-state index in [2.05, 4.69) is 69.1 Å². The maximum Gasteiger partial charge on any atom is 0.229 e. The first kappa shape index (κ1) is 18.0. The number of benzene rings is 1. The fraction of sp³-hybridized carbons (Fsp3) is 0.571. The average molecular weight is 297 g/mol. The van der Waals surface area contributed by atoms with Gasteiger partial charge in [0.05, 0.1) is 16.1 Å². The van der Waals surface area contributed by atoms with Gasteiger partial charge in [-0.2, -0.15) is 0 Å². The molecule has 0 saturated carbocycles. The Morgan fingerprint density at radius 2 is 1.11 bits per heavy atom. The monoisotopic (exact) mass is 296 g/mol. The Balaban J connectivity index is 0.000000873. The number of phenolic OH excluding ortho intramolecular Hbond substituents is 1. The van der Waals surface area contributed by atoms with Crippen molar-refractivity contribution in [3.8, 4) is 5.75 Å². The lowest BCUT2D eigenvalue weighted by Gasteiger charge is -2.24. The Morgan fingerprint density at radius 3 is 1.33 bits per heavy atom. The summed E-state index contributed by atoms with van der Waals surface area (Å²) in [5.41, 5.74) is 0. The molecule has 102 valence electrons. The molecule has 0 radical (unpaired) electrons. The first-order valence-electron chi connectivity index (χ1n) is 6.88. The molecule has 1 N–H and O–H groups in total. The number of aromatic hydroxyl groups is 1. The maximum absolute atomic E-state index is 10.3. The summed E-state index contributed by atoms with van der Waals surface area (Å²) in [6, 6.07) is 6.28. The third-order valence-corrected chi connectivity index (χ3v) is 6.69. The van der Waals surface area contributed by atoms with Gasteiger partial charge in [0, 0.05) is 0 Å². The fourth-order valence-electron chi connectivity index (χ4n) is 1.75. The topological polar surface area (TPSA) is 20.2 Å². The van der Waals surface area contributed by atoms with Crippen LogP contribution in [0.25, 0.3) is 0 Å². The Bertz CT molecular complexity index is 346. The van der Waals surface area contributed by atoms with E-state index in [4.69, 9.17) is 0 Å². The lowest BCUT2D eigenvalue weighted by molar-refractivity contribution is 0.483. The summed E-state index contributed by atoms with van der Waals surface area (Å²) in [6.07, 6.45) is 0. The number of hydrogen-bond acceptors (Lipinski definition) is 1. The third-order valence-electron chi connectivity index (χ3n) is 2.65. The van der Waals surface area contributed by atoms with Crippen LogP contribution in [0.15, 0.2) is 18.2 Å². The lowest BCUT2D eigenvalue weighted by atomic mass is 10.3. The second-order valence-electron chi connectivity index (χ2n) is 6.91. The highest BCUT2D eigenvalue weighted by molar-refractivity contribution is 6.92. The van der Waals surface area contributed by atoms with E-state index >= 15 is 0 Å². The first-order valence-corrected chi connectivity index (χ1v) is 16.7. The van der Waals surface area contributed by atoms with Crippen LogP contribution in [0.3, 0.4) is 0 Å². The Kier molecular flexibility index (Phi) is 6.95. The van der Waals surface area contributed by atoms with Crippen molar-refractivity contribution in [3.05, 3.63) is 18.2 Å². The summed E-state index contributed by atoms with van der Waals surface area (Å²) in [5.74, 6) is 5.11. The van der Waals surface area contributed by atoms with Gasteiger partial charge < -0.3 is 5.11 Å². The number of phenols is 1. The zero-order chi connectivity index (χ0) is 14.6. The molecular formula is C14H29AlOSi2. The predicted molar refractivity (Wildman–Crippen MR) is 92.9 cm³/mol. The van der Waals surface area contributed by atoms with Crippen LogP contribution in [0, 0.1) is 0 Å². The standard InChI is InChI=1S/C12H22OSi2.2CH3.Al.H/c1-14(2,3)10-8-7-9-11(12(10)13)15(4,5)6;;;;/h7-9,13H,1-6H3;2*1H3;;. The zero-order valence-corrected chi connectivity index (χ0v) is 16.8. The van der Waals surface area contributed by atoms with Crippen LogP contribution in [0.4, 0.5) is 0 Å². The highest BCUT2D eigenvalue weighted by atomic mass is 28.3. The van der Waals surface area contributed by atoms with E-state index in [1.165, 1.54) is 10.4 Å². The molecule has 0 heterocycles. The minimum Gasteiger partial charge on any atom is -0.508 e. The molecule has 0 aliphatic rings. The molecule has 0 aromatic heterocycles. The molecule has 0 aliphatic carbocycles. The van der Waals surface area contributed by atoms with Crippen molar-refractivity contribution in [1.29, 1.82) is 0 Å². The van der Waals surface area contributed by atoms with E-state index in [1.807, 2.05) is 0 Å². The van der Waals surface area contributed by atoms with E-state index in [0.717, 1.165) is 0 Å². The summed E-state index contributed by atoms with van der Waals surface area (Å²) in [6.45, 7) is 13.6. The minimum atomic E-state index is -1.42. The molecule has 0 unspecified atom stereocenters. The number of para-hydroxylation sites is 1. The fourth-order valence-corrected chi connectivity index (χ4v) is 4.76. The van der Waals surface area contributed by atoms with Crippen LogP contribution in [-0.4, -0.2) is 36.5 Å². The average Bonchev–Trinajstić information content (AvgIpc) is 2.15. The molecule has 4 heteroatoms. The van der Waals surface area contributed by atoms with Gasteiger partial charge in [0.25, 0.3) is 0 Å². The van der Waals surface area contributed by atoms with Gasteiger partial charge >= 0.3 is 0 Å². The molecule has 1 aromatic carbocycles. The lowest BCUT2D eigenvalue weighted by Crippen LogP contribution is -2.45. The quantitative estimate of drug-likeness (QED) is 0.832. The van der Waals surface area contributed by atoms with Crippen molar-refractivity contribution in [2.75, 3.05) is 0 Å². The van der Waals surface area contributed by atoms with Crippen molar-refractivity contribution in [3.63, 3.8) is 0 Å². The largest absolute Gasteiger partial charge is 0.508 e. The van der Waals surface area contributed by atoms with Gasteiger partial charge in [-0.3, -0.25) is 0 Å². The number of hydrogen-bond donors (Lipinski definition) is 1. The van der Waals surface area contributed by atoms with Gasteiger partial charge in [-0.15, -0.1) is 11.6 Å². The summed E-state index contributed by atoms with van der Waals surface area (Å²) in [5, 5.41) is 12.7. The second kappa shape index (κ2) is 6.95. The van der Waals surface area contributed by atoms with Gasteiger partial charge in [-0.1, -0.05) is 57.5 Å². The van der Waals surface area contributed by atoms with E-state index in [-0.39, 0.29) is 0 Å². The zero-order valence-electron chi connectivity index (χ0n) is 13.4. The Labute approximate surface area is 121 Å². The Morgan fingerprint density at radius 1 is 0.833 bits per heavy atom. The Hall–Kier alpha value is -0.0138. The number of rotatable bonds is 2. The van der Waals surface area contributed by atoms with Gasteiger partial charge in [0.2, 0.25) is 15.2 Å². The molecule has 1 rings (SSSR count). The third kappa shape index (κ3) is 5.32. The van der Waals surface area contributed by atoms with E-state index in [1.54, 1.807) is 0 Å². The van der Waals surface area contributed by atoms with E-state index in [0.29, 0.717) is 21.0 Å². The van der Waals surface area contributed by atoms with Crippen molar-refractivity contribution < 1.29 is 5.11 Å². The molecule has 1 aromatic rings. The van der Waals surface area contributed by atoms with Crippen molar-refractivity contribution in [1.82, 2.24) is 0 Å². The van der Waals surface area contributed by atoms with E-state index < -0.39 is 16.1 Å². The molecule has 0 amide bonds. The first-order chi connectivity index (χ1) is 8.05. The van der Waals surface area contributed by atoms with Crippen LogP contribution in [0.2, 0.25) is 50.9 Å². The molecule has 18 heavy (non-hydrogen) atoms. The van der Waals surface area contributed by atoms with Crippen molar-refractivity contribution in [2.45, 2.75) is 50.9 Å². The predicted octanol–water partition coefficient (Wildman–Crippen LogP) is 3.00. The van der Waals surface area contributed by atoms with Crippen LogP contribution < -0.4 is 10.4 Å². The molecule has 0 atom stereocenters. The van der Waals surface area contributed by atoms with Gasteiger partial charge in [0.15, 0.2) is 0 Å². The molecule has 0 spiro atoms. The summed E-state index contributed by atoms with van der Waals surface area (Å²) in [4.78, 5) is 0. The maximum atomic E-state index is 10.3. The molecule has 0 bridgehead atoms. The highest BCUT2D eigenvalue weighted by Crippen LogP contribution is 2.15. The molecule has 0 saturated heterocycles. The molecule has 0 fully saturated rings. The molecule has 0 aliphatic heterocycles. The molecular weight excluding hydrogens is 267 g/mol. The summed E-state index contributed by atoms with van der Waals surface area (Å²) in [7, 11) is -2.83. The van der Waals surface area contributed by atoms with Crippen molar-refractivity contribution >= 4 is 41.7 Å². The van der Waals surface area contributed by atoms with Gasteiger partial charge in [0.1, 0.15) is 5.75 Å². The van der Waals surface area contributed by atoms with Gasteiger partial charge in [-0.25, -0.2) is 0 Å². The van der Waals surface area contributed by atoms with Crippen LogP contribution in [-0.2, 0) is 0 Å². The van der Waals surface area contributed by atoms with Crippen LogP contribution >= 0.6 is 0 Å². The second-order valence-corrected chi connectivity index (χ2v) is 18.4. The minimum absolute atomic E-state index is 0.417. The smallest absolute Gasteiger partial charge is 0.229 e. The SMILES string of the molecule is C[Si](C)(C)c1cccc([Si](C)(C)C)c1O.[CH3][AlH][CH3]. The highest BCUT2D eigenvalue weighted by Gasteiger charge is 2.26. The van der Waals surface area contributed by atoms with Crippen molar-refractivity contribution in [2.24, 2.45) is 0 Å². The molecule has 1 nitrogen and oxygen atoms in total. The van der Waals surface area contributed by atoms with Gasteiger partial charge in [-0.05, 0) is 10.4 Å². The van der Waals surface area contributed by atoms with Crippen LogP contribution in [0.1, 0.15) is 0 Å².